The molecule has 0 aliphatic heterocycles. The number of rotatable bonds is 1. The third-order valence-corrected chi connectivity index (χ3v) is 2.83. The number of sulfone groups is 1. The molecule has 80 valence electrons. The molecular weight excluding hydrogens is 224 g/mol. The number of fused-ring (bicyclic) bond motifs is 1. The maximum Gasteiger partial charge on any atom is 0.327 e. The van der Waals surface area contributed by atoms with Gasteiger partial charge in [0.15, 0.2) is 20.5 Å². The summed E-state index contributed by atoms with van der Waals surface area (Å²) in [5.74, 6) is 0. The Kier molecular flexibility index (Phi) is 1.80. The summed E-state index contributed by atoms with van der Waals surface area (Å²) in [5.41, 5.74) is -1.61. The molecule has 0 saturated carbocycles. The predicted molar refractivity (Wildman–Crippen MR) is 50.4 cm³/mol. The van der Waals surface area contributed by atoms with Gasteiger partial charge in [-0.25, -0.2) is 13.2 Å². The average Bonchev–Trinajstić information content (AvgIpc) is 2.45. The molecule has 9 heteroatoms. The smallest absolute Gasteiger partial charge is 0.290 e. The quantitative estimate of drug-likeness (QED) is 0.540. The van der Waals surface area contributed by atoms with E-state index in [-0.39, 0.29) is 16.1 Å². The molecule has 0 atom stereocenters. The van der Waals surface area contributed by atoms with Crippen LogP contribution in [0.3, 0.4) is 0 Å². The molecule has 2 aromatic rings. The van der Waals surface area contributed by atoms with Gasteiger partial charge in [0.1, 0.15) is 5.39 Å². The molecule has 0 aromatic carbocycles. The molecule has 2 heterocycles. The van der Waals surface area contributed by atoms with Crippen LogP contribution in [0.25, 0.3) is 11.0 Å². The van der Waals surface area contributed by atoms with E-state index in [9.17, 15) is 18.0 Å². The van der Waals surface area contributed by atoms with Crippen LogP contribution in [-0.2, 0) is 9.84 Å². The van der Waals surface area contributed by atoms with E-state index in [1.54, 1.807) is 0 Å². The highest BCUT2D eigenvalue weighted by atomic mass is 32.2. The Morgan fingerprint density at radius 1 is 1.20 bits per heavy atom. The lowest BCUT2D eigenvalue weighted by molar-refractivity contribution is 0.598. The van der Waals surface area contributed by atoms with Gasteiger partial charge in [0.25, 0.3) is 5.56 Å². The summed E-state index contributed by atoms with van der Waals surface area (Å²) in [6, 6.07) is 0. The summed E-state index contributed by atoms with van der Waals surface area (Å²) in [4.78, 5) is 26.3. The highest BCUT2D eigenvalue weighted by Crippen LogP contribution is 2.12. The van der Waals surface area contributed by atoms with Gasteiger partial charge in [-0.3, -0.25) is 19.9 Å². The molecule has 0 bridgehead atoms. The fourth-order valence-electron chi connectivity index (χ4n) is 1.20. The zero-order valence-corrected chi connectivity index (χ0v) is 8.30. The number of aromatic amines is 3. The monoisotopic (exact) mass is 230 g/mol. The van der Waals surface area contributed by atoms with E-state index in [0.29, 0.717) is 0 Å². The number of hydrogen-bond donors (Lipinski definition) is 3. The molecule has 0 amide bonds. The molecule has 0 unspecified atom stereocenters. The van der Waals surface area contributed by atoms with Crippen LogP contribution in [0.2, 0.25) is 0 Å². The highest BCUT2D eigenvalue weighted by Gasteiger charge is 2.18. The van der Waals surface area contributed by atoms with Gasteiger partial charge >= 0.3 is 5.69 Å². The van der Waals surface area contributed by atoms with Crippen molar-refractivity contribution >= 4 is 20.9 Å². The normalized spacial score (nSPS) is 12.1. The fraction of sp³-hybridized carbons (Fsp3) is 0.167. The van der Waals surface area contributed by atoms with Gasteiger partial charge < -0.3 is 0 Å². The van der Waals surface area contributed by atoms with E-state index >= 15 is 0 Å². The Morgan fingerprint density at radius 2 is 1.87 bits per heavy atom. The SMILES string of the molecule is CS(=O)(=O)c1[nH]nc2[nH]c(=O)[nH]c(=O)c12. The van der Waals surface area contributed by atoms with E-state index in [1.165, 1.54) is 0 Å². The molecule has 2 aromatic heterocycles. The first-order valence-corrected chi connectivity index (χ1v) is 5.69. The van der Waals surface area contributed by atoms with Crippen molar-refractivity contribution < 1.29 is 8.42 Å². The Balaban J connectivity index is 3.06. The Bertz CT molecular complexity index is 734. The van der Waals surface area contributed by atoms with Crippen LogP contribution in [0, 0.1) is 0 Å². The van der Waals surface area contributed by atoms with Crippen molar-refractivity contribution in [1.29, 1.82) is 0 Å². The van der Waals surface area contributed by atoms with Crippen LogP contribution >= 0.6 is 0 Å². The molecular formula is C6H6N4O4S. The van der Waals surface area contributed by atoms with E-state index in [1.807, 2.05) is 4.98 Å². The number of aromatic nitrogens is 4. The molecule has 0 saturated heterocycles. The summed E-state index contributed by atoms with van der Waals surface area (Å²) in [6.07, 6.45) is 0.935. The Labute approximate surface area is 82.3 Å². The molecule has 0 aliphatic rings. The van der Waals surface area contributed by atoms with E-state index in [2.05, 4.69) is 15.2 Å². The van der Waals surface area contributed by atoms with E-state index < -0.39 is 21.1 Å². The van der Waals surface area contributed by atoms with Gasteiger partial charge in [-0.1, -0.05) is 0 Å². The molecule has 15 heavy (non-hydrogen) atoms. The maximum absolute atomic E-state index is 11.3. The number of H-pyrrole nitrogens is 3. The Hall–Kier alpha value is -1.90. The molecule has 0 fully saturated rings. The van der Waals surface area contributed by atoms with Gasteiger partial charge in [0.2, 0.25) is 0 Å². The second-order valence-corrected chi connectivity index (χ2v) is 4.91. The second kappa shape index (κ2) is 2.79. The van der Waals surface area contributed by atoms with Crippen LogP contribution in [0.1, 0.15) is 0 Å². The number of hydrogen-bond acceptors (Lipinski definition) is 5. The van der Waals surface area contributed by atoms with Crippen LogP contribution in [0.4, 0.5) is 0 Å². The molecule has 0 aliphatic carbocycles. The van der Waals surface area contributed by atoms with Gasteiger partial charge in [-0.2, -0.15) is 5.10 Å². The second-order valence-electron chi connectivity index (χ2n) is 2.96. The van der Waals surface area contributed by atoms with Crippen LogP contribution in [0.5, 0.6) is 0 Å². The van der Waals surface area contributed by atoms with Gasteiger partial charge in [0, 0.05) is 6.26 Å². The fourth-order valence-corrected chi connectivity index (χ4v) is 1.97. The topological polar surface area (TPSA) is 129 Å². The number of nitrogens with one attached hydrogen (secondary N) is 3. The van der Waals surface area contributed by atoms with Crippen molar-refractivity contribution in [2.75, 3.05) is 6.26 Å². The van der Waals surface area contributed by atoms with Crippen LogP contribution < -0.4 is 11.2 Å². The Morgan fingerprint density at radius 3 is 2.47 bits per heavy atom. The summed E-state index contributed by atoms with van der Waals surface area (Å²) in [6.45, 7) is 0. The van der Waals surface area contributed by atoms with Gasteiger partial charge in [-0.05, 0) is 0 Å². The molecule has 8 nitrogen and oxygen atoms in total. The van der Waals surface area contributed by atoms with Crippen molar-refractivity contribution in [2.45, 2.75) is 5.03 Å². The first kappa shape index (κ1) is 9.65. The summed E-state index contributed by atoms with van der Waals surface area (Å²) in [7, 11) is -3.58. The zero-order valence-electron chi connectivity index (χ0n) is 7.49. The average molecular weight is 230 g/mol. The molecule has 2 rings (SSSR count). The van der Waals surface area contributed by atoms with Crippen molar-refractivity contribution in [3.63, 3.8) is 0 Å². The number of nitrogens with zero attached hydrogens (tertiary/aromatic N) is 1. The predicted octanol–water partition coefficient (Wildman–Crippen LogP) is -1.66. The first-order valence-electron chi connectivity index (χ1n) is 3.80. The summed E-state index contributed by atoms with van der Waals surface area (Å²) < 4.78 is 22.5. The third-order valence-electron chi connectivity index (χ3n) is 1.79. The molecule has 0 spiro atoms. The lowest BCUT2D eigenvalue weighted by Crippen LogP contribution is -2.22. The van der Waals surface area contributed by atoms with Crippen molar-refractivity contribution in [1.82, 2.24) is 20.2 Å². The van der Waals surface area contributed by atoms with Crippen molar-refractivity contribution in [3.8, 4) is 0 Å². The minimum Gasteiger partial charge on any atom is -0.290 e. The standard InChI is InChI=1S/C6H6N4O4S/c1-15(13,14)5-2-3(9-10-5)7-6(12)8-4(2)11/h1H3,(H3,7,8,9,10,11,12). The van der Waals surface area contributed by atoms with Crippen LogP contribution in [-0.4, -0.2) is 34.8 Å². The summed E-state index contributed by atoms with van der Waals surface area (Å²) >= 11 is 0. The zero-order chi connectivity index (χ0) is 11.2. The van der Waals surface area contributed by atoms with Crippen molar-refractivity contribution in [3.05, 3.63) is 20.8 Å². The highest BCUT2D eigenvalue weighted by molar-refractivity contribution is 7.90. The minimum atomic E-state index is -3.58. The minimum absolute atomic E-state index is 0.0795. The third kappa shape index (κ3) is 1.46. The van der Waals surface area contributed by atoms with E-state index in [0.717, 1.165) is 6.26 Å². The molecule has 3 N–H and O–H groups in total. The lowest BCUT2D eigenvalue weighted by Gasteiger charge is -1.91. The van der Waals surface area contributed by atoms with Crippen LogP contribution in [0.15, 0.2) is 14.6 Å². The summed E-state index contributed by atoms with van der Waals surface area (Å²) in [5, 5.41) is 5.24. The van der Waals surface area contributed by atoms with Gasteiger partial charge in [-0.15, -0.1) is 0 Å². The van der Waals surface area contributed by atoms with E-state index in [4.69, 9.17) is 0 Å². The van der Waals surface area contributed by atoms with Gasteiger partial charge in [0.05, 0.1) is 0 Å². The maximum atomic E-state index is 11.3. The lowest BCUT2D eigenvalue weighted by atomic mass is 10.4. The first-order chi connectivity index (χ1) is 6.89. The largest absolute Gasteiger partial charge is 0.327 e. The molecule has 0 radical (unpaired) electrons. The van der Waals surface area contributed by atoms with Crippen molar-refractivity contribution in [2.24, 2.45) is 0 Å².